The van der Waals surface area contributed by atoms with Gasteiger partial charge in [0.05, 0.1) is 27.4 Å². The van der Waals surface area contributed by atoms with Gasteiger partial charge in [-0.15, -0.1) is 0 Å². The number of carbonyl (C=O) groups is 1. The Morgan fingerprint density at radius 2 is 1.72 bits per heavy atom. The monoisotopic (exact) mass is 451 g/mol. The molecule has 0 N–H and O–H groups in total. The third-order valence-corrected chi connectivity index (χ3v) is 6.13. The number of hydrogen-bond acceptors (Lipinski definition) is 4. The molecule has 166 valence electrons. The second-order valence-corrected chi connectivity index (χ2v) is 8.17. The lowest BCUT2D eigenvalue weighted by Crippen LogP contribution is -2.41. The number of ether oxygens (including phenoxy) is 3. The van der Waals surface area contributed by atoms with E-state index in [9.17, 15) is 4.79 Å². The summed E-state index contributed by atoms with van der Waals surface area (Å²) in [6.45, 7) is 0.600. The summed E-state index contributed by atoms with van der Waals surface area (Å²) in [5, 5.41) is 0.545. The Kier molecular flexibility index (Phi) is 6.56. The number of nitrogens with zero attached hydrogens (tertiary/aromatic N) is 1. The lowest BCUT2D eigenvalue weighted by molar-refractivity contribution is 0.0659. The smallest absolute Gasteiger partial charge is 0.254 e. The summed E-state index contributed by atoms with van der Waals surface area (Å²) in [5.74, 6) is 2.10. The van der Waals surface area contributed by atoms with Crippen molar-refractivity contribution in [1.82, 2.24) is 4.90 Å². The number of benzene rings is 3. The van der Waals surface area contributed by atoms with Gasteiger partial charge in [-0.05, 0) is 72.0 Å². The number of halogens is 1. The maximum Gasteiger partial charge on any atom is 0.254 e. The molecule has 1 aliphatic rings. The molecule has 1 heterocycles. The van der Waals surface area contributed by atoms with Crippen LogP contribution < -0.4 is 14.2 Å². The van der Waals surface area contributed by atoms with Gasteiger partial charge in [0, 0.05) is 17.1 Å². The topological polar surface area (TPSA) is 48.0 Å². The highest BCUT2D eigenvalue weighted by Gasteiger charge is 2.33. The van der Waals surface area contributed by atoms with Crippen LogP contribution in [0.25, 0.3) is 0 Å². The number of rotatable bonds is 6. The summed E-state index contributed by atoms with van der Waals surface area (Å²) in [6.07, 6.45) is 1.38. The van der Waals surface area contributed by atoms with Gasteiger partial charge < -0.3 is 19.1 Å². The average Bonchev–Trinajstić information content (AvgIpc) is 2.83. The van der Waals surface area contributed by atoms with E-state index in [0.29, 0.717) is 35.1 Å². The van der Waals surface area contributed by atoms with E-state index in [-0.39, 0.29) is 11.9 Å². The van der Waals surface area contributed by atoms with E-state index in [1.165, 1.54) is 0 Å². The fourth-order valence-electron chi connectivity index (χ4n) is 4.30. The van der Waals surface area contributed by atoms with Crippen LogP contribution in [0.5, 0.6) is 17.2 Å². The van der Waals surface area contributed by atoms with Crippen LogP contribution in [0, 0.1) is 0 Å². The molecule has 1 atom stereocenters. The van der Waals surface area contributed by atoms with Gasteiger partial charge >= 0.3 is 0 Å². The van der Waals surface area contributed by atoms with Crippen molar-refractivity contribution in [2.45, 2.75) is 18.9 Å². The third kappa shape index (κ3) is 4.39. The first kappa shape index (κ1) is 22.0. The molecule has 1 aliphatic heterocycles. The molecule has 0 radical (unpaired) electrons. The van der Waals surface area contributed by atoms with Crippen LogP contribution in [0.2, 0.25) is 5.02 Å². The van der Waals surface area contributed by atoms with Crippen LogP contribution in [0.15, 0.2) is 60.7 Å². The minimum atomic E-state index is -0.169. The SMILES string of the molecule is COc1cccc(CC2c3cc(OC)c(OC)cc3CCN2C(=O)c2cccc(Cl)c2)c1. The molecule has 5 nitrogen and oxygen atoms in total. The summed E-state index contributed by atoms with van der Waals surface area (Å²) >= 11 is 6.17. The van der Waals surface area contributed by atoms with Crippen molar-refractivity contribution in [2.24, 2.45) is 0 Å². The van der Waals surface area contributed by atoms with Crippen LogP contribution >= 0.6 is 11.6 Å². The van der Waals surface area contributed by atoms with E-state index < -0.39 is 0 Å². The Morgan fingerprint density at radius 1 is 0.969 bits per heavy atom. The number of hydrogen-bond donors (Lipinski definition) is 0. The van der Waals surface area contributed by atoms with E-state index >= 15 is 0 Å². The standard InChI is InChI=1S/C26H26ClNO4/c1-30-21-9-4-6-17(12-21)13-23-22-16-25(32-3)24(31-2)15-18(22)10-11-28(23)26(29)19-7-5-8-20(27)14-19/h4-9,12,14-16,23H,10-11,13H2,1-3H3. The molecule has 32 heavy (non-hydrogen) atoms. The van der Waals surface area contributed by atoms with Gasteiger partial charge in [-0.2, -0.15) is 0 Å². The minimum absolute atomic E-state index is 0.0409. The van der Waals surface area contributed by atoms with Crippen LogP contribution in [-0.2, 0) is 12.8 Å². The summed E-state index contributed by atoms with van der Waals surface area (Å²) in [5.41, 5.74) is 3.88. The van der Waals surface area contributed by atoms with Crippen molar-refractivity contribution in [3.8, 4) is 17.2 Å². The van der Waals surface area contributed by atoms with Crippen molar-refractivity contribution < 1.29 is 19.0 Å². The van der Waals surface area contributed by atoms with Crippen molar-refractivity contribution in [3.05, 3.63) is 87.9 Å². The summed E-state index contributed by atoms with van der Waals surface area (Å²) in [6, 6.07) is 18.9. The first-order chi connectivity index (χ1) is 15.5. The van der Waals surface area contributed by atoms with Gasteiger partial charge in [0.1, 0.15) is 5.75 Å². The van der Waals surface area contributed by atoms with Crippen LogP contribution in [-0.4, -0.2) is 38.7 Å². The normalized spacial score (nSPS) is 15.1. The highest BCUT2D eigenvalue weighted by Crippen LogP contribution is 2.40. The largest absolute Gasteiger partial charge is 0.497 e. The number of fused-ring (bicyclic) bond motifs is 1. The minimum Gasteiger partial charge on any atom is -0.497 e. The fraction of sp³-hybridized carbons (Fsp3) is 0.269. The van der Waals surface area contributed by atoms with Gasteiger partial charge in [0.2, 0.25) is 0 Å². The Labute approximate surface area is 193 Å². The molecule has 6 heteroatoms. The van der Waals surface area contributed by atoms with E-state index in [4.69, 9.17) is 25.8 Å². The molecule has 1 unspecified atom stereocenters. The molecule has 0 saturated carbocycles. The molecule has 0 spiro atoms. The van der Waals surface area contributed by atoms with Crippen LogP contribution in [0.4, 0.5) is 0 Å². The quantitative estimate of drug-likeness (QED) is 0.507. The lowest BCUT2D eigenvalue weighted by Gasteiger charge is -2.38. The first-order valence-electron chi connectivity index (χ1n) is 10.5. The Hall–Kier alpha value is -3.18. The van der Waals surface area contributed by atoms with Gasteiger partial charge in [-0.3, -0.25) is 4.79 Å². The van der Waals surface area contributed by atoms with Gasteiger partial charge in [-0.25, -0.2) is 0 Å². The molecule has 0 aliphatic carbocycles. The second-order valence-electron chi connectivity index (χ2n) is 7.74. The number of methoxy groups -OCH3 is 3. The zero-order valence-corrected chi connectivity index (χ0v) is 19.2. The van der Waals surface area contributed by atoms with Crippen molar-refractivity contribution in [3.63, 3.8) is 0 Å². The van der Waals surface area contributed by atoms with E-state index in [1.54, 1.807) is 45.6 Å². The highest BCUT2D eigenvalue weighted by atomic mass is 35.5. The molecule has 3 aromatic carbocycles. The zero-order valence-electron chi connectivity index (χ0n) is 18.4. The average molecular weight is 452 g/mol. The van der Waals surface area contributed by atoms with Gasteiger partial charge in [0.15, 0.2) is 11.5 Å². The summed E-state index contributed by atoms with van der Waals surface area (Å²) in [4.78, 5) is 15.5. The molecule has 3 aromatic rings. The Balaban J connectivity index is 1.78. The van der Waals surface area contributed by atoms with Crippen LogP contribution in [0.3, 0.4) is 0 Å². The maximum absolute atomic E-state index is 13.5. The molecule has 4 rings (SSSR count). The third-order valence-electron chi connectivity index (χ3n) is 5.90. The predicted octanol–water partition coefficient (Wildman–Crippen LogP) is 5.35. The highest BCUT2D eigenvalue weighted by molar-refractivity contribution is 6.30. The molecule has 0 fully saturated rings. The summed E-state index contributed by atoms with van der Waals surface area (Å²) < 4.78 is 16.5. The molecular formula is C26H26ClNO4. The summed E-state index contributed by atoms with van der Waals surface area (Å²) in [7, 11) is 4.91. The Morgan fingerprint density at radius 3 is 2.44 bits per heavy atom. The van der Waals surface area contributed by atoms with Crippen LogP contribution in [0.1, 0.15) is 33.1 Å². The first-order valence-corrected chi connectivity index (χ1v) is 10.9. The van der Waals surface area contributed by atoms with Crippen molar-refractivity contribution in [2.75, 3.05) is 27.9 Å². The van der Waals surface area contributed by atoms with E-state index in [1.807, 2.05) is 35.2 Å². The molecule has 0 aromatic heterocycles. The van der Waals surface area contributed by atoms with E-state index in [0.717, 1.165) is 28.9 Å². The predicted molar refractivity (Wildman–Crippen MR) is 125 cm³/mol. The van der Waals surface area contributed by atoms with E-state index in [2.05, 4.69) is 6.07 Å². The number of carbonyl (C=O) groups excluding carboxylic acids is 1. The maximum atomic E-state index is 13.5. The fourth-order valence-corrected chi connectivity index (χ4v) is 4.49. The molecular weight excluding hydrogens is 426 g/mol. The van der Waals surface area contributed by atoms with Gasteiger partial charge in [0.25, 0.3) is 5.91 Å². The van der Waals surface area contributed by atoms with Crippen molar-refractivity contribution in [1.29, 1.82) is 0 Å². The lowest BCUT2D eigenvalue weighted by atomic mass is 9.87. The molecule has 1 amide bonds. The molecule has 0 saturated heterocycles. The zero-order chi connectivity index (χ0) is 22.7. The van der Waals surface area contributed by atoms with Crippen molar-refractivity contribution >= 4 is 17.5 Å². The second kappa shape index (κ2) is 9.53. The van der Waals surface area contributed by atoms with Gasteiger partial charge in [-0.1, -0.05) is 29.8 Å². The number of amides is 1. The Bertz CT molecular complexity index is 1130. The molecule has 0 bridgehead atoms.